The molecule has 36 heavy (non-hydrogen) atoms. The van der Waals surface area contributed by atoms with Crippen LogP contribution in [0.25, 0.3) is 6.08 Å². The highest BCUT2D eigenvalue weighted by atomic mass is 79.9. The molecule has 1 aliphatic heterocycles. The van der Waals surface area contributed by atoms with Crippen LogP contribution >= 0.6 is 39.3 Å². The summed E-state index contributed by atoms with van der Waals surface area (Å²) in [5.74, 6) is -0.508. The van der Waals surface area contributed by atoms with Crippen molar-refractivity contribution in [1.29, 1.82) is 0 Å². The number of thioether (sulfide) groups is 1. The number of halogens is 2. The molecule has 1 saturated heterocycles. The maximum absolute atomic E-state index is 13.0. The van der Waals surface area contributed by atoms with E-state index in [9.17, 15) is 14.4 Å². The Kier molecular flexibility index (Phi) is 8.18. The lowest BCUT2D eigenvalue weighted by Crippen LogP contribution is -2.27. The molecule has 0 unspecified atom stereocenters. The summed E-state index contributed by atoms with van der Waals surface area (Å²) in [6.07, 6.45) is 1.62. The van der Waals surface area contributed by atoms with Crippen LogP contribution in [0.2, 0.25) is 5.02 Å². The smallest absolute Gasteiger partial charge is 0.345 e. The average Bonchev–Trinajstić information content (AvgIpc) is 3.09. The van der Waals surface area contributed by atoms with E-state index in [4.69, 9.17) is 21.1 Å². The highest BCUT2D eigenvalue weighted by molar-refractivity contribution is 9.10. The first-order valence-corrected chi connectivity index (χ1v) is 13.0. The zero-order valence-corrected chi connectivity index (χ0v) is 22.6. The number of nitrogens with zero attached hydrogens (tertiary/aromatic N) is 1. The van der Waals surface area contributed by atoms with Crippen LogP contribution < -0.4 is 9.47 Å². The number of esters is 1. The number of hydrogen-bond acceptors (Lipinski definition) is 6. The fourth-order valence-corrected chi connectivity index (χ4v) is 5.18. The lowest BCUT2D eigenvalue weighted by molar-refractivity contribution is -0.123. The van der Waals surface area contributed by atoms with E-state index in [1.54, 1.807) is 49.4 Å². The zero-order chi connectivity index (χ0) is 25.8. The number of rotatable bonds is 7. The molecule has 0 bridgehead atoms. The van der Waals surface area contributed by atoms with Gasteiger partial charge < -0.3 is 9.47 Å². The highest BCUT2D eigenvalue weighted by Gasteiger charge is 2.35. The molecule has 184 valence electrons. The van der Waals surface area contributed by atoms with Crippen molar-refractivity contribution < 1.29 is 23.9 Å². The monoisotopic (exact) mass is 585 g/mol. The third-order valence-corrected chi connectivity index (χ3v) is 7.04. The van der Waals surface area contributed by atoms with Crippen molar-refractivity contribution in [3.05, 3.63) is 97.3 Å². The summed E-state index contributed by atoms with van der Waals surface area (Å²) in [7, 11) is 0. The summed E-state index contributed by atoms with van der Waals surface area (Å²) < 4.78 is 11.8. The second kappa shape index (κ2) is 11.3. The summed E-state index contributed by atoms with van der Waals surface area (Å²) in [5, 5.41) is -0.0586. The minimum absolute atomic E-state index is 0.187. The van der Waals surface area contributed by atoms with Crippen LogP contribution in [0.5, 0.6) is 11.5 Å². The third-order valence-electron chi connectivity index (χ3n) is 5.21. The number of aryl methyl sites for hydroxylation is 1. The van der Waals surface area contributed by atoms with Crippen molar-refractivity contribution in [3.8, 4) is 11.5 Å². The Hall–Kier alpha value is -3.07. The van der Waals surface area contributed by atoms with Gasteiger partial charge >= 0.3 is 5.97 Å². The number of hydrogen-bond donors (Lipinski definition) is 0. The SMILES string of the molecule is CCOc1cc(/C=C2\SC(=O)N(Cc3cccc(C)c3)C2=O)cc(Br)c1OC(=O)c1ccccc1Cl. The van der Waals surface area contributed by atoms with Gasteiger partial charge in [-0.3, -0.25) is 14.5 Å². The van der Waals surface area contributed by atoms with Gasteiger partial charge in [-0.1, -0.05) is 53.6 Å². The first-order chi connectivity index (χ1) is 17.3. The molecule has 6 nitrogen and oxygen atoms in total. The molecule has 0 N–H and O–H groups in total. The number of imide groups is 1. The largest absolute Gasteiger partial charge is 0.490 e. The van der Waals surface area contributed by atoms with Crippen LogP contribution in [0.1, 0.15) is 34.0 Å². The van der Waals surface area contributed by atoms with Gasteiger partial charge in [0, 0.05) is 0 Å². The molecule has 0 saturated carbocycles. The quantitative estimate of drug-likeness (QED) is 0.165. The normalized spacial score (nSPS) is 14.4. The minimum Gasteiger partial charge on any atom is -0.490 e. The van der Waals surface area contributed by atoms with Gasteiger partial charge in [0.2, 0.25) is 0 Å². The molecule has 0 aliphatic carbocycles. The fourth-order valence-electron chi connectivity index (χ4n) is 3.59. The Morgan fingerprint density at radius 2 is 1.89 bits per heavy atom. The third kappa shape index (κ3) is 5.83. The van der Waals surface area contributed by atoms with Crippen LogP contribution in [0.4, 0.5) is 4.79 Å². The van der Waals surface area contributed by atoms with Crippen molar-refractivity contribution >= 4 is 62.5 Å². The minimum atomic E-state index is -0.632. The van der Waals surface area contributed by atoms with E-state index in [0.29, 0.717) is 27.3 Å². The van der Waals surface area contributed by atoms with Gasteiger partial charge in [-0.15, -0.1) is 0 Å². The van der Waals surface area contributed by atoms with E-state index in [1.165, 1.54) is 4.90 Å². The molecule has 1 aliphatic rings. The molecular weight excluding hydrogens is 566 g/mol. The maximum atomic E-state index is 13.0. The Bertz CT molecular complexity index is 1390. The molecule has 4 rings (SSSR count). The molecule has 0 aromatic heterocycles. The summed E-state index contributed by atoms with van der Waals surface area (Å²) >= 11 is 10.4. The van der Waals surface area contributed by atoms with Crippen LogP contribution in [-0.4, -0.2) is 28.6 Å². The lowest BCUT2D eigenvalue weighted by Gasteiger charge is -2.14. The van der Waals surface area contributed by atoms with E-state index in [2.05, 4.69) is 15.9 Å². The second-order valence-corrected chi connectivity index (χ2v) is 10.1. The molecule has 1 fully saturated rings. The van der Waals surface area contributed by atoms with Gasteiger partial charge in [-0.25, -0.2) is 4.79 Å². The number of amides is 2. The van der Waals surface area contributed by atoms with Gasteiger partial charge in [-0.05, 0) is 83.0 Å². The Morgan fingerprint density at radius 1 is 1.11 bits per heavy atom. The van der Waals surface area contributed by atoms with Crippen molar-refractivity contribution in [3.63, 3.8) is 0 Å². The fraction of sp³-hybridized carbons (Fsp3) is 0.148. The van der Waals surface area contributed by atoms with Crippen molar-refractivity contribution in [2.45, 2.75) is 20.4 Å². The zero-order valence-electron chi connectivity index (χ0n) is 19.4. The molecule has 0 radical (unpaired) electrons. The molecule has 1 heterocycles. The first-order valence-electron chi connectivity index (χ1n) is 11.0. The Balaban J connectivity index is 1.60. The standard InChI is InChI=1S/C27H21BrClNO5S/c1-3-34-22-13-18(12-20(28)24(22)35-26(32)19-9-4-5-10-21(19)29)14-23-25(31)30(27(33)36-23)15-17-8-6-7-16(2)11-17/h4-14H,3,15H2,1-2H3/b23-14-. The molecule has 3 aromatic carbocycles. The maximum Gasteiger partial charge on any atom is 0.345 e. The molecule has 2 amide bonds. The first kappa shape index (κ1) is 26.0. The topological polar surface area (TPSA) is 72.9 Å². The van der Waals surface area contributed by atoms with Gasteiger partial charge in [0.15, 0.2) is 11.5 Å². The molecular formula is C27H21BrClNO5S. The predicted molar refractivity (Wildman–Crippen MR) is 144 cm³/mol. The Labute approximate surface area is 226 Å². The predicted octanol–water partition coefficient (Wildman–Crippen LogP) is 7.27. The van der Waals surface area contributed by atoms with Gasteiger partial charge in [0.1, 0.15) is 0 Å². The molecule has 3 aromatic rings. The van der Waals surface area contributed by atoms with Gasteiger partial charge in [-0.2, -0.15) is 0 Å². The van der Waals surface area contributed by atoms with Crippen LogP contribution in [0.3, 0.4) is 0 Å². The Morgan fingerprint density at radius 3 is 2.61 bits per heavy atom. The van der Waals surface area contributed by atoms with E-state index < -0.39 is 5.97 Å². The molecule has 9 heteroatoms. The van der Waals surface area contributed by atoms with Crippen molar-refractivity contribution in [1.82, 2.24) is 4.90 Å². The number of carbonyl (C=O) groups excluding carboxylic acids is 3. The van der Waals surface area contributed by atoms with E-state index >= 15 is 0 Å². The number of ether oxygens (including phenoxy) is 2. The summed E-state index contributed by atoms with van der Waals surface area (Å²) in [6, 6.07) is 17.6. The van der Waals surface area contributed by atoms with Gasteiger partial charge in [0.25, 0.3) is 11.1 Å². The number of benzene rings is 3. The van der Waals surface area contributed by atoms with Gasteiger partial charge in [0.05, 0.1) is 33.1 Å². The summed E-state index contributed by atoms with van der Waals surface area (Å²) in [6.45, 7) is 4.28. The average molecular weight is 587 g/mol. The van der Waals surface area contributed by atoms with Crippen LogP contribution in [-0.2, 0) is 11.3 Å². The molecule has 0 spiro atoms. The summed E-state index contributed by atoms with van der Waals surface area (Å²) in [5.41, 5.74) is 2.76. The molecule has 0 atom stereocenters. The van der Waals surface area contributed by atoms with Crippen molar-refractivity contribution in [2.75, 3.05) is 6.61 Å². The number of carbonyl (C=O) groups is 3. The summed E-state index contributed by atoms with van der Waals surface area (Å²) in [4.78, 5) is 39.8. The van der Waals surface area contributed by atoms with Crippen molar-refractivity contribution in [2.24, 2.45) is 0 Å². The van der Waals surface area contributed by atoms with Crippen LogP contribution in [0, 0.1) is 6.92 Å². The van der Waals surface area contributed by atoms with E-state index in [0.717, 1.165) is 22.9 Å². The highest BCUT2D eigenvalue weighted by Crippen LogP contribution is 2.40. The van der Waals surface area contributed by atoms with E-state index in [-0.39, 0.29) is 34.0 Å². The van der Waals surface area contributed by atoms with Crippen LogP contribution in [0.15, 0.2) is 70.0 Å². The van der Waals surface area contributed by atoms with E-state index in [1.807, 2.05) is 31.2 Å². The second-order valence-electron chi connectivity index (χ2n) is 7.89. The lowest BCUT2D eigenvalue weighted by atomic mass is 10.1.